The Hall–Kier alpha value is -2.39. The zero-order valence-corrected chi connectivity index (χ0v) is 14.5. The van der Waals surface area contributed by atoms with E-state index in [-0.39, 0.29) is 6.54 Å². The number of carbonyl (C=O) groups is 1. The number of rotatable bonds is 5. The van der Waals surface area contributed by atoms with Gasteiger partial charge in [-0.05, 0) is 24.4 Å². The Balaban J connectivity index is 1.72. The summed E-state index contributed by atoms with van der Waals surface area (Å²) in [7, 11) is 0. The van der Waals surface area contributed by atoms with Crippen LogP contribution in [0.15, 0.2) is 35.7 Å². The van der Waals surface area contributed by atoms with Gasteiger partial charge in [-0.3, -0.25) is 4.79 Å². The molecule has 0 saturated heterocycles. The van der Waals surface area contributed by atoms with Gasteiger partial charge >= 0.3 is 6.18 Å². The lowest BCUT2D eigenvalue weighted by Gasteiger charge is -2.27. The minimum absolute atomic E-state index is 0.0261. The summed E-state index contributed by atoms with van der Waals surface area (Å²) >= 11 is 0.676. The second-order valence-electron chi connectivity index (χ2n) is 5.99. The molecule has 0 fully saturated rings. The van der Waals surface area contributed by atoms with Crippen molar-refractivity contribution in [1.29, 1.82) is 0 Å². The molecule has 3 N–H and O–H groups in total. The van der Waals surface area contributed by atoms with E-state index in [2.05, 4.69) is 15.3 Å². The van der Waals surface area contributed by atoms with Crippen molar-refractivity contribution in [2.75, 3.05) is 0 Å². The number of halogens is 3. The third kappa shape index (κ3) is 3.58. The molecule has 0 radical (unpaired) electrons. The predicted molar refractivity (Wildman–Crippen MR) is 91.6 cm³/mol. The number of nitrogens with zero attached hydrogens (tertiary/aromatic N) is 1. The van der Waals surface area contributed by atoms with Gasteiger partial charge in [0.1, 0.15) is 5.01 Å². The number of para-hydroxylation sites is 1. The summed E-state index contributed by atoms with van der Waals surface area (Å²) in [6.07, 6.45) is -6.17. The minimum atomic E-state index is -5.02. The summed E-state index contributed by atoms with van der Waals surface area (Å²) in [4.78, 5) is 18.8. The molecule has 0 aliphatic carbocycles. The number of hydrogen-bond donors (Lipinski definition) is 3. The Morgan fingerprint density at radius 3 is 2.69 bits per heavy atom. The average Bonchev–Trinajstić information content (AvgIpc) is 3.17. The third-order valence-electron chi connectivity index (χ3n) is 3.92. The van der Waals surface area contributed by atoms with E-state index in [1.807, 2.05) is 24.3 Å². The van der Waals surface area contributed by atoms with Crippen LogP contribution in [0.3, 0.4) is 0 Å². The number of nitrogens with one attached hydrogen (secondary N) is 2. The maximum Gasteiger partial charge on any atom is 0.424 e. The molecule has 0 aliphatic heterocycles. The van der Waals surface area contributed by atoms with Gasteiger partial charge in [0.05, 0.1) is 13.0 Å². The van der Waals surface area contributed by atoms with Crippen molar-refractivity contribution in [2.45, 2.75) is 31.7 Å². The zero-order valence-electron chi connectivity index (χ0n) is 13.7. The molecule has 0 unspecified atom stereocenters. The van der Waals surface area contributed by atoms with Gasteiger partial charge in [0.2, 0.25) is 11.5 Å². The van der Waals surface area contributed by atoms with Gasteiger partial charge in [-0.15, -0.1) is 11.3 Å². The van der Waals surface area contributed by atoms with Gasteiger partial charge in [-0.2, -0.15) is 13.2 Å². The van der Waals surface area contributed by atoms with Crippen LogP contribution in [0.1, 0.15) is 22.8 Å². The molecule has 3 rings (SSSR count). The largest absolute Gasteiger partial charge is 0.424 e. The first-order valence-corrected chi connectivity index (χ1v) is 8.62. The first-order chi connectivity index (χ1) is 12.2. The number of aromatic amines is 1. The summed E-state index contributed by atoms with van der Waals surface area (Å²) in [5.74, 6) is -0.920. The Kier molecular flexibility index (Phi) is 4.76. The maximum absolute atomic E-state index is 13.4. The number of hydrogen-bond acceptors (Lipinski definition) is 4. The highest BCUT2D eigenvalue weighted by Gasteiger charge is 2.58. The van der Waals surface area contributed by atoms with Crippen LogP contribution in [0.25, 0.3) is 10.9 Å². The predicted octanol–water partition coefficient (Wildman–Crippen LogP) is 3.39. The average molecular weight is 383 g/mol. The van der Waals surface area contributed by atoms with Gasteiger partial charge in [0.15, 0.2) is 0 Å². The molecule has 5 nitrogen and oxygen atoms in total. The number of H-pyrrole nitrogens is 1. The lowest BCUT2D eigenvalue weighted by Crippen LogP contribution is -2.46. The Labute approximate surface area is 150 Å². The summed E-state index contributed by atoms with van der Waals surface area (Å²) in [5.41, 5.74) is -1.44. The number of aryl methyl sites for hydroxylation is 1. The van der Waals surface area contributed by atoms with E-state index >= 15 is 0 Å². The molecule has 3 aromatic rings. The van der Waals surface area contributed by atoms with Gasteiger partial charge in [0.25, 0.3) is 0 Å². The smallest absolute Gasteiger partial charge is 0.374 e. The monoisotopic (exact) mass is 383 g/mol. The van der Waals surface area contributed by atoms with Gasteiger partial charge in [-0.25, -0.2) is 4.98 Å². The normalized spacial score (nSPS) is 14.3. The van der Waals surface area contributed by atoms with Crippen molar-refractivity contribution in [3.05, 3.63) is 52.1 Å². The number of benzene rings is 1. The summed E-state index contributed by atoms with van der Waals surface area (Å²) < 4.78 is 40.2. The van der Waals surface area contributed by atoms with Crippen LogP contribution in [0.4, 0.5) is 13.2 Å². The van der Waals surface area contributed by atoms with E-state index in [0.717, 1.165) is 10.9 Å². The third-order valence-corrected chi connectivity index (χ3v) is 5.03. The van der Waals surface area contributed by atoms with E-state index in [9.17, 15) is 23.1 Å². The number of amides is 1. The van der Waals surface area contributed by atoms with Crippen LogP contribution in [0.2, 0.25) is 0 Å². The van der Waals surface area contributed by atoms with Crippen LogP contribution in [-0.2, 0) is 16.9 Å². The van der Waals surface area contributed by atoms with Crippen LogP contribution < -0.4 is 5.32 Å². The highest BCUT2D eigenvalue weighted by Crippen LogP contribution is 2.42. The maximum atomic E-state index is 13.4. The second kappa shape index (κ2) is 6.73. The molecule has 1 aromatic carbocycles. The van der Waals surface area contributed by atoms with E-state index in [1.54, 1.807) is 6.07 Å². The summed E-state index contributed by atoms with van der Waals surface area (Å²) in [6, 6.07) is 9.24. The first kappa shape index (κ1) is 18.4. The van der Waals surface area contributed by atoms with Crippen LogP contribution in [-0.4, -0.2) is 27.2 Å². The highest BCUT2D eigenvalue weighted by molar-refractivity contribution is 7.09. The van der Waals surface area contributed by atoms with Gasteiger partial charge < -0.3 is 15.4 Å². The number of aliphatic hydroxyl groups is 1. The quantitative estimate of drug-likeness (QED) is 0.632. The molecule has 0 saturated carbocycles. The van der Waals surface area contributed by atoms with Crippen molar-refractivity contribution < 1.29 is 23.1 Å². The lowest BCUT2D eigenvalue weighted by molar-refractivity contribution is -0.267. The van der Waals surface area contributed by atoms with Crippen molar-refractivity contribution in [2.24, 2.45) is 0 Å². The molecular formula is C17H16F3N3O2S. The van der Waals surface area contributed by atoms with Crippen LogP contribution in [0.5, 0.6) is 0 Å². The van der Waals surface area contributed by atoms with Crippen molar-refractivity contribution >= 4 is 28.1 Å². The van der Waals surface area contributed by atoms with Gasteiger partial charge in [-0.1, -0.05) is 18.2 Å². The van der Waals surface area contributed by atoms with Crippen molar-refractivity contribution in [3.63, 3.8) is 0 Å². The first-order valence-electron chi connectivity index (χ1n) is 7.74. The SMILES string of the molecule is Cc1csc([C@](O)(CC(=O)NCc2cc3ccccc3[nH]2)C(F)(F)F)n1. The topological polar surface area (TPSA) is 78.0 Å². The molecule has 0 bridgehead atoms. The molecular weight excluding hydrogens is 367 g/mol. The molecule has 2 heterocycles. The fraction of sp³-hybridized carbons (Fsp3) is 0.294. The Morgan fingerprint density at radius 1 is 1.35 bits per heavy atom. The number of aromatic nitrogens is 2. The fourth-order valence-electron chi connectivity index (χ4n) is 2.56. The molecule has 1 atom stereocenters. The second-order valence-corrected chi connectivity index (χ2v) is 6.85. The molecule has 1 amide bonds. The molecule has 2 aromatic heterocycles. The molecule has 0 aliphatic rings. The zero-order chi connectivity index (χ0) is 18.9. The number of thiazole rings is 1. The Morgan fingerprint density at radius 2 is 2.08 bits per heavy atom. The molecule has 9 heteroatoms. The number of carbonyl (C=O) groups excluding carboxylic acids is 1. The van der Waals surface area contributed by atoms with E-state index < -0.39 is 29.1 Å². The van der Waals surface area contributed by atoms with E-state index in [1.165, 1.54) is 12.3 Å². The van der Waals surface area contributed by atoms with E-state index in [0.29, 0.717) is 22.7 Å². The highest BCUT2D eigenvalue weighted by atomic mass is 32.1. The standard InChI is InChI=1S/C17H16F3N3O2S/c1-10-9-26-15(22-10)16(25,17(18,19)20)7-14(24)21-8-12-6-11-4-2-3-5-13(11)23-12/h2-6,9,23,25H,7-8H2,1H3,(H,21,24)/t16-/m1/s1. The number of alkyl halides is 3. The van der Waals surface area contributed by atoms with Crippen molar-refractivity contribution in [1.82, 2.24) is 15.3 Å². The molecule has 0 spiro atoms. The van der Waals surface area contributed by atoms with Gasteiger partial charge in [0, 0.05) is 22.3 Å². The molecule has 26 heavy (non-hydrogen) atoms. The van der Waals surface area contributed by atoms with E-state index in [4.69, 9.17) is 0 Å². The Bertz CT molecular complexity index is 902. The minimum Gasteiger partial charge on any atom is -0.374 e. The van der Waals surface area contributed by atoms with Crippen LogP contribution in [0, 0.1) is 6.92 Å². The summed E-state index contributed by atoms with van der Waals surface area (Å²) in [5, 5.41) is 14.4. The number of fused-ring (bicyclic) bond motifs is 1. The summed E-state index contributed by atoms with van der Waals surface area (Å²) in [6.45, 7) is 1.55. The van der Waals surface area contributed by atoms with Crippen LogP contribution >= 0.6 is 11.3 Å². The van der Waals surface area contributed by atoms with Crippen molar-refractivity contribution in [3.8, 4) is 0 Å². The lowest BCUT2D eigenvalue weighted by atomic mass is 9.99. The molecule has 138 valence electrons. The fourth-order valence-corrected chi connectivity index (χ4v) is 3.47.